The number of aromatic hydroxyl groups is 1. The number of nitrogens with zero attached hydrogens (tertiary/aromatic N) is 1. The number of hydrogen-bond donors (Lipinski definition) is 5. The molecule has 0 spiro atoms. The molecule has 1 amide bonds. The Bertz CT molecular complexity index is 1120. The average molecular weight is 472 g/mol. The molecule has 0 aromatic heterocycles. The standard InChI is InChI=1S/C23H28N4O7/c1-4-25-12-5-6-13(28)15-10(12)7-9-8-11-17(27(2)3)19(30)16(22(33)26-24)21(32)23(11,34)20(31)14(9)18(15)29/h5-6,9,11,14,16-17,25,28,34H,4,7-8,24H2,1-3H3,(H,26,33)/t9?,11?,14?,16?,17-,23-/m0/s1. The smallest absolute Gasteiger partial charge is 0.252 e. The molecule has 182 valence electrons. The van der Waals surface area contributed by atoms with Gasteiger partial charge in [0.15, 0.2) is 34.7 Å². The molecule has 4 unspecified atom stereocenters. The molecule has 0 aliphatic heterocycles. The molecule has 4 rings (SSSR count). The molecule has 11 heteroatoms. The van der Waals surface area contributed by atoms with Crippen molar-refractivity contribution in [3.05, 3.63) is 23.3 Å². The second kappa shape index (κ2) is 8.26. The molecule has 2 fully saturated rings. The van der Waals surface area contributed by atoms with Crippen LogP contribution in [0.1, 0.15) is 29.3 Å². The van der Waals surface area contributed by atoms with Gasteiger partial charge in [-0.15, -0.1) is 0 Å². The van der Waals surface area contributed by atoms with Gasteiger partial charge in [-0.3, -0.25) is 34.3 Å². The van der Waals surface area contributed by atoms with E-state index >= 15 is 0 Å². The van der Waals surface area contributed by atoms with Crippen LogP contribution < -0.4 is 16.6 Å². The first kappa shape index (κ1) is 24.0. The fourth-order valence-corrected chi connectivity index (χ4v) is 6.02. The number of phenolic OH excluding ortho intramolecular Hbond substituents is 1. The van der Waals surface area contributed by atoms with Crippen molar-refractivity contribution in [3.63, 3.8) is 0 Å². The highest BCUT2D eigenvalue weighted by Crippen LogP contribution is 2.51. The number of carbonyl (C=O) groups is 5. The van der Waals surface area contributed by atoms with E-state index in [0.717, 1.165) is 0 Å². The van der Waals surface area contributed by atoms with Crippen molar-refractivity contribution in [2.45, 2.75) is 31.4 Å². The zero-order valence-corrected chi connectivity index (χ0v) is 19.1. The number of carbonyl (C=O) groups excluding carboxylic acids is 5. The van der Waals surface area contributed by atoms with Gasteiger partial charge in [-0.05, 0) is 57.5 Å². The largest absolute Gasteiger partial charge is 0.507 e. The van der Waals surface area contributed by atoms with E-state index in [0.29, 0.717) is 17.8 Å². The Hall–Kier alpha value is -3.15. The summed E-state index contributed by atoms with van der Waals surface area (Å²) in [5.41, 5.74) is 0.225. The number of rotatable bonds is 4. The number of fused-ring (bicyclic) bond motifs is 3. The minimum Gasteiger partial charge on any atom is -0.507 e. The number of aliphatic hydroxyl groups is 1. The normalized spacial score (nSPS) is 32.7. The van der Waals surface area contributed by atoms with E-state index in [1.807, 2.05) is 6.92 Å². The van der Waals surface area contributed by atoms with Crippen LogP contribution in [0.3, 0.4) is 0 Å². The van der Waals surface area contributed by atoms with Crippen LogP contribution in [0.2, 0.25) is 0 Å². The zero-order chi connectivity index (χ0) is 25.1. The topological polar surface area (TPSA) is 179 Å². The van der Waals surface area contributed by atoms with E-state index < -0.39 is 64.4 Å². The zero-order valence-electron chi connectivity index (χ0n) is 19.1. The number of anilines is 1. The van der Waals surface area contributed by atoms with Gasteiger partial charge in [0.05, 0.1) is 17.5 Å². The highest BCUT2D eigenvalue weighted by molar-refractivity contribution is 6.32. The Morgan fingerprint density at radius 3 is 2.47 bits per heavy atom. The Labute approximate surface area is 195 Å². The lowest BCUT2D eigenvalue weighted by atomic mass is 9.52. The molecule has 6 atom stereocenters. The van der Waals surface area contributed by atoms with Gasteiger partial charge >= 0.3 is 0 Å². The molecule has 34 heavy (non-hydrogen) atoms. The van der Waals surface area contributed by atoms with Crippen LogP contribution in [0.4, 0.5) is 5.69 Å². The highest BCUT2D eigenvalue weighted by Gasteiger charge is 2.69. The molecule has 0 heterocycles. The van der Waals surface area contributed by atoms with Gasteiger partial charge in [0.25, 0.3) is 5.91 Å². The van der Waals surface area contributed by atoms with Crippen LogP contribution in [-0.2, 0) is 25.6 Å². The van der Waals surface area contributed by atoms with Crippen molar-refractivity contribution in [1.29, 1.82) is 0 Å². The summed E-state index contributed by atoms with van der Waals surface area (Å²) in [4.78, 5) is 67.5. The molecular weight excluding hydrogens is 444 g/mol. The van der Waals surface area contributed by atoms with Gasteiger partial charge in [-0.2, -0.15) is 0 Å². The van der Waals surface area contributed by atoms with Crippen molar-refractivity contribution in [2.24, 2.45) is 29.5 Å². The summed E-state index contributed by atoms with van der Waals surface area (Å²) in [5.74, 6) is -5.13. The molecule has 0 saturated heterocycles. The second-order valence-corrected chi connectivity index (χ2v) is 9.41. The summed E-state index contributed by atoms with van der Waals surface area (Å²) < 4.78 is 0. The van der Waals surface area contributed by atoms with Gasteiger partial charge in [-0.1, -0.05) is 0 Å². The Balaban J connectivity index is 1.86. The summed E-state index contributed by atoms with van der Waals surface area (Å²) in [6, 6.07) is 1.89. The predicted octanol–water partition coefficient (Wildman–Crippen LogP) is -1.20. The summed E-state index contributed by atoms with van der Waals surface area (Å²) in [6.45, 7) is 2.45. The number of nitrogens with two attached hydrogens (primary N) is 1. The summed E-state index contributed by atoms with van der Waals surface area (Å²) in [5, 5.41) is 25.1. The molecule has 0 bridgehead atoms. The number of Topliss-reactive ketones (excluding diaryl/α,β-unsaturated/α-hetero) is 4. The van der Waals surface area contributed by atoms with Crippen LogP contribution in [0.25, 0.3) is 0 Å². The summed E-state index contributed by atoms with van der Waals surface area (Å²) >= 11 is 0. The van der Waals surface area contributed by atoms with E-state index in [9.17, 15) is 34.2 Å². The van der Waals surface area contributed by atoms with Gasteiger partial charge < -0.3 is 15.5 Å². The Kier molecular flexibility index (Phi) is 5.83. The van der Waals surface area contributed by atoms with Crippen molar-refractivity contribution in [1.82, 2.24) is 10.3 Å². The van der Waals surface area contributed by atoms with E-state index in [1.54, 1.807) is 25.6 Å². The van der Waals surface area contributed by atoms with Crippen molar-refractivity contribution in [2.75, 3.05) is 26.0 Å². The number of hydrazine groups is 1. The number of amides is 1. The first-order valence-electron chi connectivity index (χ1n) is 11.1. The molecule has 2 saturated carbocycles. The number of likely N-dealkylation sites (N-methyl/N-ethyl adjacent to an activating group) is 1. The van der Waals surface area contributed by atoms with Gasteiger partial charge in [0.1, 0.15) is 5.75 Å². The number of hydrogen-bond acceptors (Lipinski definition) is 10. The minimum atomic E-state index is -2.72. The monoisotopic (exact) mass is 472 g/mol. The fraction of sp³-hybridized carbons (Fsp3) is 0.522. The van der Waals surface area contributed by atoms with E-state index in [1.165, 1.54) is 11.0 Å². The van der Waals surface area contributed by atoms with E-state index in [2.05, 4.69) is 5.32 Å². The summed E-state index contributed by atoms with van der Waals surface area (Å²) in [6.07, 6.45) is 0.257. The van der Waals surface area contributed by atoms with E-state index in [-0.39, 0.29) is 24.2 Å². The number of nitrogens with one attached hydrogen (secondary N) is 2. The molecule has 1 aromatic rings. The van der Waals surface area contributed by atoms with Crippen LogP contribution in [0.5, 0.6) is 5.75 Å². The molecule has 1 aromatic carbocycles. The quantitative estimate of drug-likeness (QED) is 0.117. The molecular formula is C23H28N4O7. The lowest BCUT2D eigenvalue weighted by Crippen LogP contribution is -2.74. The summed E-state index contributed by atoms with van der Waals surface area (Å²) in [7, 11) is 3.10. The highest BCUT2D eigenvalue weighted by atomic mass is 16.3. The molecule has 11 nitrogen and oxygen atoms in total. The maximum Gasteiger partial charge on any atom is 0.252 e. The Morgan fingerprint density at radius 2 is 1.88 bits per heavy atom. The van der Waals surface area contributed by atoms with Crippen LogP contribution in [-0.4, -0.2) is 76.4 Å². The molecule has 6 N–H and O–H groups in total. The SMILES string of the molecule is CCNc1ccc(O)c2c1CC1CC3[C@H](N(C)C)C(=O)C(C(=O)NN)C(=O)[C@@]3(O)C(=O)C1C2=O. The third-order valence-corrected chi connectivity index (χ3v) is 7.43. The lowest BCUT2D eigenvalue weighted by Gasteiger charge is -2.52. The first-order valence-corrected chi connectivity index (χ1v) is 11.1. The van der Waals surface area contributed by atoms with Crippen molar-refractivity contribution < 1.29 is 34.2 Å². The Morgan fingerprint density at radius 1 is 1.21 bits per heavy atom. The molecule has 3 aliphatic rings. The lowest BCUT2D eigenvalue weighted by molar-refractivity contribution is -0.181. The maximum atomic E-state index is 13.7. The van der Waals surface area contributed by atoms with Gasteiger partial charge in [0, 0.05) is 18.2 Å². The van der Waals surface area contributed by atoms with Crippen LogP contribution in [0.15, 0.2) is 12.1 Å². The van der Waals surface area contributed by atoms with Crippen LogP contribution >= 0.6 is 0 Å². The van der Waals surface area contributed by atoms with Crippen LogP contribution in [0, 0.1) is 23.7 Å². The molecule has 0 radical (unpaired) electrons. The number of ketones is 4. The van der Waals surface area contributed by atoms with Gasteiger partial charge in [-0.25, -0.2) is 5.84 Å². The fourth-order valence-electron chi connectivity index (χ4n) is 6.02. The number of benzene rings is 1. The van der Waals surface area contributed by atoms with E-state index in [4.69, 9.17) is 5.84 Å². The predicted molar refractivity (Wildman–Crippen MR) is 119 cm³/mol. The maximum absolute atomic E-state index is 13.7. The first-order chi connectivity index (χ1) is 16.0. The van der Waals surface area contributed by atoms with Gasteiger partial charge in [0.2, 0.25) is 0 Å². The third kappa shape index (κ3) is 3.11. The molecule has 3 aliphatic carbocycles. The average Bonchev–Trinajstić information content (AvgIpc) is 2.77. The third-order valence-electron chi connectivity index (χ3n) is 7.43. The van der Waals surface area contributed by atoms with Crippen molar-refractivity contribution in [3.8, 4) is 5.75 Å². The van der Waals surface area contributed by atoms with Crippen molar-refractivity contribution >= 4 is 34.7 Å². The minimum absolute atomic E-state index is 0.0187. The second-order valence-electron chi connectivity index (χ2n) is 9.41. The number of phenols is 1.